The molecule has 1 aromatic rings. The first-order valence-electron chi connectivity index (χ1n) is 7.36. The van der Waals surface area contributed by atoms with E-state index in [1.807, 2.05) is 0 Å². The third kappa shape index (κ3) is 6.71. The van der Waals surface area contributed by atoms with Crippen LogP contribution < -0.4 is 10.2 Å². The van der Waals surface area contributed by atoms with Gasteiger partial charge in [-0.2, -0.15) is 13.2 Å². The van der Waals surface area contributed by atoms with Gasteiger partial charge in [0.15, 0.2) is 6.79 Å². The van der Waals surface area contributed by atoms with Gasteiger partial charge in [0.05, 0.1) is 11.2 Å². The quantitative estimate of drug-likeness (QED) is 0.409. The van der Waals surface area contributed by atoms with E-state index in [1.54, 1.807) is 13.8 Å². The standard InChI is InChI=1S/C15H22BF3O5S/c1-13(2,20)14(3,4)24-16(21)11-8-10(25-15(17,18)19)6-7-12(11)23-9-22-5/h6-8,20-21H,9H2,1-5H3. The van der Waals surface area contributed by atoms with Gasteiger partial charge >= 0.3 is 12.6 Å². The lowest BCUT2D eigenvalue weighted by Crippen LogP contribution is -2.53. The molecular formula is C15H22BF3O5S. The Morgan fingerprint density at radius 2 is 1.76 bits per heavy atom. The van der Waals surface area contributed by atoms with Gasteiger partial charge in [0, 0.05) is 17.5 Å². The van der Waals surface area contributed by atoms with Crippen LogP contribution in [0.5, 0.6) is 5.75 Å². The lowest BCUT2D eigenvalue weighted by atomic mass is 9.76. The molecule has 0 aliphatic carbocycles. The van der Waals surface area contributed by atoms with Gasteiger partial charge in [-0.25, -0.2) is 0 Å². The molecule has 0 fully saturated rings. The molecule has 0 amide bonds. The number of benzene rings is 1. The fourth-order valence-electron chi connectivity index (χ4n) is 1.66. The first-order chi connectivity index (χ1) is 11.3. The smallest absolute Gasteiger partial charge is 0.468 e. The summed E-state index contributed by atoms with van der Waals surface area (Å²) in [5.41, 5.74) is -6.95. The molecule has 2 N–H and O–H groups in total. The fourth-order valence-corrected chi connectivity index (χ4v) is 2.25. The monoisotopic (exact) mass is 382 g/mol. The summed E-state index contributed by atoms with van der Waals surface area (Å²) in [6.45, 7) is 5.96. The molecule has 1 rings (SSSR count). The number of methoxy groups -OCH3 is 1. The Balaban J connectivity index is 3.16. The Hall–Kier alpha value is -0.935. The van der Waals surface area contributed by atoms with Crippen molar-refractivity contribution in [1.29, 1.82) is 0 Å². The largest absolute Gasteiger partial charge is 0.495 e. The molecule has 25 heavy (non-hydrogen) atoms. The van der Waals surface area contributed by atoms with E-state index in [4.69, 9.17) is 14.1 Å². The Morgan fingerprint density at radius 1 is 1.16 bits per heavy atom. The summed E-state index contributed by atoms with van der Waals surface area (Å²) >= 11 is -0.314. The number of hydrogen-bond acceptors (Lipinski definition) is 6. The Labute approximate surface area is 149 Å². The summed E-state index contributed by atoms with van der Waals surface area (Å²) in [5, 5.41) is 20.5. The average molecular weight is 382 g/mol. The van der Waals surface area contributed by atoms with E-state index in [9.17, 15) is 23.3 Å². The average Bonchev–Trinajstić information content (AvgIpc) is 2.42. The Kier molecular flexibility index (Phi) is 7.23. The van der Waals surface area contributed by atoms with E-state index in [1.165, 1.54) is 33.1 Å². The third-order valence-electron chi connectivity index (χ3n) is 3.69. The predicted molar refractivity (Wildman–Crippen MR) is 89.9 cm³/mol. The van der Waals surface area contributed by atoms with Crippen molar-refractivity contribution in [2.45, 2.75) is 49.3 Å². The van der Waals surface area contributed by atoms with Gasteiger partial charge in [-0.1, -0.05) is 0 Å². The molecule has 0 saturated carbocycles. The Bertz CT molecular complexity index is 575. The normalized spacial score (nSPS) is 13.0. The molecule has 142 valence electrons. The maximum Gasteiger partial charge on any atom is 0.495 e. The van der Waals surface area contributed by atoms with Crippen LogP contribution in [-0.2, 0) is 9.39 Å². The zero-order valence-corrected chi connectivity index (χ0v) is 15.5. The van der Waals surface area contributed by atoms with Crippen LogP contribution in [0.15, 0.2) is 23.1 Å². The van der Waals surface area contributed by atoms with Crippen molar-refractivity contribution in [2.24, 2.45) is 0 Å². The lowest BCUT2D eigenvalue weighted by Gasteiger charge is -2.38. The first kappa shape index (κ1) is 22.1. The zero-order chi connectivity index (χ0) is 19.5. The van der Waals surface area contributed by atoms with Crippen molar-refractivity contribution in [3.05, 3.63) is 18.2 Å². The molecule has 0 atom stereocenters. The molecule has 10 heteroatoms. The molecule has 0 aliphatic heterocycles. The summed E-state index contributed by atoms with van der Waals surface area (Å²) in [4.78, 5) is -0.129. The second-order valence-electron chi connectivity index (χ2n) is 6.34. The molecule has 0 aromatic heterocycles. The fraction of sp³-hybridized carbons (Fsp3) is 0.600. The van der Waals surface area contributed by atoms with Crippen LogP contribution in [0.2, 0.25) is 0 Å². The summed E-state index contributed by atoms with van der Waals surface area (Å²) in [7, 11) is -0.222. The predicted octanol–water partition coefficient (Wildman–Crippen LogP) is 2.53. The highest BCUT2D eigenvalue weighted by atomic mass is 32.2. The van der Waals surface area contributed by atoms with Gasteiger partial charge in [0.1, 0.15) is 5.75 Å². The van der Waals surface area contributed by atoms with Crippen LogP contribution in [-0.4, -0.2) is 47.9 Å². The van der Waals surface area contributed by atoms with Crippen molar-refractivity contribution in [1.82, 2.24) is 0 Å². The lowest BCUT2D eigenvalue weighted by molar-refractivity contribution is -0.0983. The van der Waals surface area contributed by atoms with E-state index >= 15 is 0 Å². The van der Waals surface area contributed by atoms with Gasteiger partial charge in [0.2, 0.25) is 0 Å². The molecule has 0 bridgehead atoms. The topological polar surface area (TPSA) is 68.2 Å². The minimum atomic E-state index is -4.47. The van der Waals surface area contributed by atoms with E-state index in [0.29, 0.717) is 0 Å². The number of hydrogen-bond donors (Lipinski definition) is 2. The summed E-state index contributed by atoms with van der Waals surface area (Å²) in [5.74, 6) is 0.118. The van der Waals surface area contributed by atoms with Crippen molar-refractivity contribution >= 4 is 24.3 Å². The summed E-state index contributed by atoms with van der Waals surface area (Å²) in [6, 6.07) is 3.65. The summed E-state index contributed by atoms with van der Waals surface area (Å²) in [6.07, 6.45) is 0. The molecule has 0 radical (unpaired) electrons. The van der Waals surface area contributed by atoms with Gasteiger partial charge in [0.25, 0.3) is 0 Å². The van der Waals surface area contributed by atoms with Crippen molar-refractivity contribution in [2.75, 3.05) is 13.9 Å². The third-order valence-corrected chi connectivity index (χ3v) is 4.41. The number of alkyl halides is 3. The zero-order valence-electron chi connectivity index (χ0n) is 14.7. The first-order valence-corrected chi connectivity index (χ1v) is 8.18. The number of thioether (sulfide) groups is 1. The van der Waals surface area contributed by atoms with Crippen molar-refractivity contribution in [3.8, 4) is 5.75 Å². The molecule has 0 aliphatic rings. The molecule has 0 heterocycles. The van der Waals surface area contributed by atoms with Crippen LogP contribution in [0.4, 0.5) is 13.2 Å². The highest BCUT2D eigenvalue weighted by molar-refractivity contribution is 8.00. The number of ether oxygens (including phenoxy) is 2. The highest BCUT2D eigenvalue weighted by Gasteiger charge is 2.40. The number of aliphatic hydroxyl groups is 1. The van der Waals surface area contributed by atoms with Crippen LogP contribution in [0.25, 0.3) is 0 Å². The molecule has 0 unspecified atom stereocenters. The van der Waals surface area contributed by atoms with Gasteiger partial charge in [-0.15, -0.1) is 0 Å². The van der Waals surface area contributed by atoms with E-state index in [0.717, 1.165) is 6.07 Å². The second kappa shape index (κ2) is 8.17. The van der Waals surface area contributed by atoms with E-state index < -0.39 is 23.8 Å². The van der Waals surface area contributed by atoms with Crippen LogP contribution in [0.1, 0.15) is 27.7 Å². The van der Waals surface area contributed by atoms with Crippen LogP contribution >= 0.6 is 11.8 Å². The minimum Gasteiger partial charge on any atom is -0.468 e. The summed E-state index contributed by atoms with van der Waals surface area (Å²) < 4.78 is 53.3. The molecule has 1 aromatic carbocycles. The van der Waals surface area contributed by atoms with Crippen molar-refractivity contribution in [3.63, 3.8) is 0 Å². The van der Waals surface area contributed by atoms with Crippen molar-refractivity contribution < 1.29 is 37.4 Å². The van der Waals surface area contributed by atoms with Gasteiger partial charge in [-0.3, -0.25) is 0 Å². The molecule has 5 nitrogen and oxygen atoms in total. The molecule has 0 saturated heterocycles. The molecular weight excluding hydrogens is 360 g/mol. The molecule has 0 spiro atoms. The number of halogens is 3. The SMILES string of the molecule is COCOc1ccc(SC(F)(F)F)cc1B(O)OC(C)(C)C(C)(C)O. The van der Waals surface area contributed by atoms with E-state index in [2.05, 4.69) is 0 Å². The van der Waals surface area contributed by atoms with Crippen LogP contribution in [0, 0.1) is 0 Å². The highest BCUT2D eigenvalue weighted by Crippen LogP contribution is 2.37. The van der Waals surface area contributed by atoms with Gasteiger partial charge < -0.3 is 24.3 Å². The second-order valence-corrected chi connectivity index (χ2v) is 7.48. The van der Waals surface area contributed by atoms with E-state index in [-0.39, 0.29) is 34.7 Å². The maximum atomic E-state index is 12.6. The van der Waals surface area contributed by atoms with Gasteiger partial charge in [-0.05, 0) is 57.7 Å². The maximum absolute atomic E-state index is 12.6. The van der Waals surface area contributed by atoms with Crippen LogP contribution in [0.3, 0.4) is 0 Å². The minimum absolute atomic E-state index is 0.00336. The number of rotatable bonds is 8. The Morgan fingerprint density at radius 3 is 2.24 bits per heavy atom.